The number of hydrogen-bond acceptors (Lipinski definition) is 2. The lowest BCUT2D eigenvalue weighted by Gasteiger charge is -2.42. The molecule has 1 aliphatic rings. The van der Waals surface area contributed by atoms with Crippen molar-refractivity contribution in [2.75, 3.05) is 13.1 Å². The van der Waals surface area contributed by atoms with Gasteiger partial charge < -0.3 is 5.11 Å². The molecule has 0 spiro atoms. The Kier molecular flexibility index (Phi) is 5.44. The maximum atomic E-state index is 11.0. The summed E-state index contributed by atoms with van der Waals surface area (Å²) in [5, 5.41) is 9.06. The van der Waals surface area contributed by atoms with Gasteiger partial charge in [-0.25, -0.2) is 0 Å². The number of carboxylic acids is 1. The average molecular weight is 241 g/mol. The number of carbonyl (C=O) groups is 1. The molecule has 17 heavy (non-hydrogen) atoms. The van der Waals surface area contributed by atoms with Crippen LogP contribution in [-0.2, 0) is 4.79 Å². The van der Waals surface area contributed by atoms with Crippen molar-refractivity contribution in [3.63, 3.8) is 0 Å². The molecule has 0 aromatic heterocycles. The van der Waals surface area contributed by atoms with Crippen LogP contribution in [0.2, 0.25) is 0 Å². The molecule has 0 aromatic rings. The molecule has 3 nitrogen and oxygen atoms in total. The van der Waals surface area contributed by atoms with E-state index in [1.54, 1.807) is 0 Å². The number of hydrogen-bond donors (Lipinski definition) is 1. The zero-order valence-electron chi connectivity index (χ0n) is 11.6. The Morgan fingerprint density at radius 3 is 2.24 bits per heavy atom. The highest BCUT2D eigenvalue weighted by Gasteiger charge is 2.33. The predicted molar refractivity (Wildman–Crippen MR) is 70.0 cm³/mol. The Morgan fingerprint density at radius 2 is 1.82 bits per heavy atom. The van der Waals surface area contributed by atoms with E-state index in [0.29, 0.717) is 23.8 Å². The zero-order chi connectivity index (χ0) is 13.0. The van der Waals surface area contributed by atoms with Gasteiger partial charge in [-0.05, 0) is 30.6 Å². The van der Waals surface area contributed by atoms with Crippen molar-refractivity contribution >= 4 is 5.97 Å². The highest BCUT2D eigenvalue weighted by atomic mass is 16.4. The first-order chi connectivity index (χ1) is 7.91. The lowest BCUT2D eigenvalue weighted by atomic mass is 9.77. The summed E-state index contributed by atoms with van der Waals surface area (Å²) < 4.78 is 0. The lowest BCUT2D eigenvalue weighted by molar-refractivity contribution is -0.140. The van der Waals surface area contributed by atoms with Gasteiger partial charge in [0, 0.05) is 12.6 Å². The van der Waals surface area contributed by atoms with Gasteiger partial charge in [-0.1, -0.05) is 34.1 Å². The summed E-state index contributed by atoms with van der Waals surface area (Å²) in [7, 11) is 0. The summed E-state index contributed by atoms with van der Waals surface area (Å²) in [5.41, 5.74) is 0. The predicted octanol–water partition coefficient (Wildman–Crippen LogP) is 2.85. The Balaban J connectivity index is 2.74. The third-order valence-corrected chi connectivity index (χ3v) is 3.84. The van der Waals surface area contributed by atoms with Gasteiger partial charge in [0.1, 0.15) is 0 Å². The molecule has 0 amide bonds. The van der Waals surface area contributed by atoms with Crippen molar-refractivity contribution < 1.29 is 9.90 Å². The van der Waals surface area contributed by atoms with Gasteiger partial charge in [0.05, 0.1) is 6.54 Å². The fourth-order valence-electron chi connectivity index (χ4n) is 3.32. The molecule has 0 aromatic carbocycles. The van der Waals surface area contributed by atoms with Crippen molar-refractivity contribution in [1.29, 1.82) is 0 Å². The molecule has 0 heterocycles. The third kappa shape index (κ3) is 4.30. The van der Waals surface area contributed by atoms with Crippen molar-refractivity contribution in [2.24, 2.45) is 17.8 Å². The van der Waals surface area contributed by atoms with Gasteiger partial charge in [-0.15, -0.1) is 0 Å². The van der Waals surface area contributed by atoms with E-state index in [1.165, 1.54) is 19.3 Å². The SMILES string of the molecule is CC(C)CN(CC(=O)O)C1C(C)CCCC1C. The van der Waals surface area contributed by atoms with Crippen molar-refractivity contribution in [3.05, 3.63) is 0 Å². The second kappa shape index (κ2) is 6.39. The van der Waals surface area contributed by atoms with Crippen LogP contribution >= 0.6 is 0 Å². The normalized spacial score (nSPS) is 29.9. The van der Waals surface area contributed by atoms with Gasteiger partial charge in [-0.2, -0.15) is 0 Å². The summed E-state index contributed by atoms with van der Waals surface area (Å²) in [4.78, 5) is 13.2. The second-order valence-corrected chi connectivity index (χ2v) is 6.09. The zero-order valence-corrected chi connectivity index (χ0v) is 11.6. The van der Waals surface area contributed by atoms with E-state index in [4.69, 9.17) is 5.11 Å². The largest absolute Gasteiger partial charge is 0.480 e. The Labute approximate surface area is 105 Å². The number of rotatable bonds is 5. The molecule has 1 fully saturated rings. The molecule has 100 valence electrons. The molecule has 0 radical (unpaired) electrons. The fourth-order valence-corrected chi connectivity index (χ4v) is 3.32. The molecule has 1 N–H and O–H groups in total. The summed E-state index contributed by atoms with van der Waals surface area (Å²) in [6.07, 6.45) is 3.77. The number of carboxylic acid groups (broad SMARTS) is 1. The number of nitrogens with zero attached hydrogens (tertiary/aromatic N) is 1. The summed E-state index contributed by atoms with van der Waals surface area (Å²) >= 11 is 0. The van der Waals surface area contributed by atoms with Crippen LogP contribution in [0.5, 0.6) is 0 Å². The summed E-state index contributed by atoms with van der Waals surface area (Å²) in [6.45, 7) is 9.95. The van der Waals surface area contributed by atoms with Gasteiger partial charge in [0.15, 0.2) is 0 Å². The molecule has 2 atom stereocenters. The van der Waals surface area contributed by atoms with Gasteiger partial charge >= 0.3 is 5.97 Å². The van der Waals surface area contributed by atoms with E-state index in [-0.39, 0.29) is 6.54 Å². The summed E-state index contributed by atoms with van der Waals surface area (Å²) in [5.74, 6) is 1.07. The fraction of sp³-hybridized carbons (Fsp3) is 0.929. The Hall–Kier alpha value is -0.570. The van der Waals surface area contributed by atoms with E-state index in [0.717, 1.165) is 6.54 Å². The first-order valence-electron chi connectivity index (χ1n) is 6.87. The van der Waals surface area contributed by atoms with Crippen LogP contribution in [0, 0.1) is 17.8 Å². The Morgan fingerprint density at radius 1 is 1.29 bits per heavy atom. The van der Waals surface area contributed by atoms with Crippen LogP contribution in [0.25, 0.3) is 0 Å². The van der Waals surface area contributed by atoms with E-state index in [1.807, 2.05) is 0 Å². The first kappa shape index (κ1) is 14.5. The minimum Gasteiger partial charge on any atom is -0.480 e. The van der Waals surface area contributed by atoms with Crippen LogP contribution in [0.3, 0.4) is 0 Å². The molecule has 1 saturated carbocycles. The molecular formula is C14H27NO2. The van der Waals surface area contributed by atoms with Crippen LogP contribution in [-0.4, -0.2) is 35.1 Å². The smallest absolute Gasteiger partial charge is 0.317 e. The molecule has 1 aliphatic carbocycles. The molecule has 0 saturated heterocycles. The van der Waals surface area contributed by atoms with Crippen LogP contribution in [0.1, 0.15) is 47.0 Å². The van der Waals surface area contributed by atoms with E-state index in [2.05, 4.69) is 32.6 Å². The molecule has 0 bridgehead atoms. The van der Waals surface area contributed by atoms with Crippen LogP contribution in [0.15, 0.2) is 0 Å². The maximum Gasteiger partial charge on any atom is 0.317 e. The first-order valence-corrected chi connectivity index (χ1v) is 6.87. The molecule has 2 unspecified atom stereocenters. The van der Waals surface area contributed by atoms with Crippen molar-refractivity contribution in [2.45, 2.75) is 53.0 Å². The molecular weight excluding hydrogens is 214 g/mol. The summed E-state index contributed by atoms with van der Waals surface area (Å²) in [6, 6.07) is 0.447. The number of aliphatic carboxylic acids is 1. The maximum absolute atomic E-state index is 11.0. The minimum absolute atomic E-state index is 0.192. The van der Waals surface area contributed by atoms with Gasteiger partial charge in [-0.3, -0.25) is 9.69 Å². The van der Waals surface area contributed by atoms with E-state index in [9.17, 15) is 4.79 Å². The van der Waals surface area contributed by atoms with Crippen LogP contribution in [0.4, 0.5) is 0 Å². The van der Waals surface area contributed by atoms with Crippen molar-refractivity contribution in [3.8, 4) is 0 Å². The second-order valence-electron chi connectivity index (χ2n) is 6.09. The quantitative estimate of drug-likeness (QED) is 0.804. The molecule has 3 heteroatoms. The van der Waals surface area contributed by atoms with E-state index < -0.39 is 5.97 Å². The third-order valence-electron chi connectivity index (χ3n) is 3.84. The highest BCUT2D eigenvalue weighted by molar-refractivity contribution is 5.69. The lowest BCUT2D eigenvalue weighted by Crippen LogP contribution is -2.49. The molecule has 1 rings (SSSR count). The molecule has 0 aliphatic heterocycles. The monoisotopic (exact) mass is 241 g/mol. The van der Waals surface area contributed by atoms with Gasteiger partial charge in [0.25, 0.3) is 0 Å². The average Bonchev–Trinajstić information content (AvgIpc) is 2.14. The minimum atomic E-state index is -0.698. The van der Waals surface area contributed by atoms with E-state index >= 15 is 0 Å². The Bertz CT molecular complexity index is 243. The van der Waals surface area contributed by atoms with Crippen LogP contribution < -0.4 is 0 Å². The standard InChI is InChI=1S/C14H27NO2/c1-10(2)8-15(9-13(16)17)14-11(3)6-5-7-12(14)4/h10-12,14H,5-9H2,1-4H3,(H,16,17). The topological polar surface area (TPSA) is 40.5 Å². The van der Waals surface area contributed by atoms with Crippen molar-refractivity contribution in [1.82, 2.24) is 4.90 Å². The highest BCUT2D eigenvalue weighted by Crippen LogP contribution is 2.32. The van der Waals surface area contributed by atoms with Gasteiger partial charge in [0.2, 0.25) is 0 Å².